The molecule has 3 heteroatoms. The number of rotatable bonds is 3. The van der Waals surface area contributed by atoms with E-state index in [0.29, 0.717) is 0 Å². The quantitative estimate of drug-likeness (QED) is 0.495. The third-order valence-corrected chi connectivity index (χ3v) is 8.87. The summed E-state index contributed by atoms with van der Waals surface area (Å²) in [6.45, 7) is -2.41. The van der Waals surface area contributed by atoms with Gasteiger partial charge in [0, 0.05) is 17.1 Å². The Labute approximate surface area is 141 Å². The van der Waals surface area contributed by atoms with E-state index in [1.807, 2.05) is 18.2 Å². The Morgan fingerprint density at radius 3 is 0.952 bits per heavy atom. The number of halogens is 1. The van der Waals surface area contributed by atoms with Crippen molar-refractivity contribution in [3.05, 3.63) is 91.0 Å². The van der Waals surface area contributed by atoms with Crippen molar-refractivity contribution in [2.75, 3.05) is 0 Å². The van der Waals surface area contributed by atoms with Crippen LogP contribution in [0.3, 0.4) is 0 Å². The SMILES string of the molecule is Cl[PH](c1ccccc1)(c1ccccc1)c1ccccc1.[Fe]. The van der Waals surface area contributed by atoms with E-state index in [0.717, 1.165) is 0 Å². The smallest absolute Gasteiger partial charge is 0 e. The molecule has 0 radical (unpaired) electrons. The molecule has 0 saturated heterocycles. The zero-order valence-electron chi connectivity index (χ0n) is 11.4. The molecule has 3 aromatic rings. The normalized spacial score (nSPS) is 11.5. The van der Waals surface area contributed by atoms with Crippen molar-refractivity contribution in [1.29, 1.82) is 0 Å². The molecule has 3 rings (SSSR count). The summed E-state index contributed by atoms with van der Waals surface area (Å²) in [7, 11) is 0. The van der Waals surface area contributed by atoms with Crippen LogP contribution < -0.4 is 15.9 Å². The van der Waals surface area contributed by atoms with E-state index in [1.54, 1.807) is 0 Å². The molecule has 0 N–H and O–H groups in total. The third-order valence-electron chi connectivity index (χ3n) is 3.51. The maximum atomic E-state index is 7.25. The summed E-state index contributed by atoms with van der Waals surface area (Å²) in [4.78, 5) is 0. The molecule has 0 aliphatic carbocycles. The third kappa shape index (κ3) is 3.23. The molecule has 108 valence electrons. The van der Waals surface area contributed by atoms with Crippen LogP contribution in [0.2, 0.25) is 0 Å². The molecule has 0 bridgehead atoms. The van der Waals surface area contributed by atoms with E-state index in [1.165, 1.54) is 15.9 Å². The van der Waals surface area contributed by atoms with Gasteiger partial charge < -0.3 is 0 Å². The van der Waals surface area contributed by atoms with Crippen molar-refractivity contribution in [2.24, 2.45) is 0 Å². The van der Waals surface area contributed by atoms with Gasteiger partial charge in [-0.05, 0) is 0 Å². The van der Waals surface area contributed by atoms with E-state index in [4.69, 9.17) is 11.2 Å². The summed E-state index contributed by atoms with van der Waals surface area (Å²) >= 11 is 7.25. The number of hydrogen-bond acceptors (Lipinski definition) is 0. The molecule has 0 aromatic heterocycles. The molecule has 0 atom stereocenters. The Morgan fingerprint density at radius 1 is 0.476 bits per heavy atom. The zero-order valence-corrected chi connectivity index (χ0v) is 14.3. The average molecular weight is 355 g/mol. The van der Waals surface area contributed by atoms with Crippen LogP contribution in [0.25, 0.3) is 0 Å². The second-order valence-electron chi connectivity index (χ2n) is 4.76. The second kappa shape index (κ2) is 7.25. The molecule has 21 heavy (non-hydrogen) atoms. The summed E-state index contributed by atoms with van der Waals surface area (Å²) in [5.74, 6) is 0. The maximum absolute atomic E-state index is 7.25. The van der Waals surface area contributed by atoms with Crippen LogP contribution in [0.15, 0.2) is 91.0 Å². The van der Waals surface area contributed by atoms with Crippen molar-refractivity contribution in [2.45, 2.75) is 0 Å². The van der Waals surface area contributed by atoms with Crippen molar-refractivity contribution in [3.63, 3.8) is 0 Å². The Kier molecular flexibility index (Phi) is 5.62. The second-order valence-corrected chi connectivity index (χ2v) is 9.51. The predicted octanol–water partition coefficient (Wildman–Crippen LogP) is 3.86. The van der Waals surface area contributed by atoms with Crippen molar-refractivity contribution in [1.82, 2.24) is 0 Å². The Hall–Kier alpha value is -1.10. The maximum Gasteiger partial charge on any atom is 0 e. The fraction of sp³-hybridized carbons (Fsp3) is 0. The summed E-state index contributed by atoms with van der Waals surface area (Å²) < 4.78 is 0. The zero-order chi connectivity index (χ0) is 13.8. The van der Waals surface area contributed by atoms with E-state index in [-0.39, 0.29) is 17.1 Å². The van der Waals surface area contributed by atoms with Crippen molar-refractivity contribution >= 4 is 33.8 Å². The van der Waals surface area contributed by atoms with Crippen LogP contribution in [0.5, 0.6) is 0 Å². The predicted molar refractivity (Wildman–Crippen MR) is 92.4 cm³/mol. The van der Waals surface area contributed by atoms with Gasteiger partial charge in [0.1, 0.15) is 0 Å². The standard InChI is InChI=1S/C18H16ClP.Fe/c19-20(16-10-4-1-5-11-16,17-12-6-2-7-13-17)18-14-8-3-9-15-18;/h1-15,20H;. The molecule has 0 aliphatic heterocycles. The molecule has 0 saturated carbocycles. The first kappa shape index (κ1) is 16.3. The molecular formula is C18H16ClFeP. The van der Waals surface area contributed by atoms with Gasteiger partial charge >= 0.3 is 125 Å². The minimum absolute atomic E-state index is 0. The average Bonchev–Trinajstić information content (AvgIpc) is 2.56. The number of hydrogen-bond donors (Lipinski definition) is 0. The Bertz CT molecular complexity index is 575. The van der Waals surface area contributed by atoms with Crippen LogP contribution in [-0.4, -0.2) is 0 Å². The molecule has 0 spiro atoms. The largest absolute Gasteiger partial charge is 0 e. The van der Waals surface area contributed by atoms with Gasteiger partial charge in [0.2, 0.25) is 0 Å². The van der Waals surface area contributed by atoms with E-state index in [9.17, 15) is 0 Å². The summed E-state index contributed by atoms with van der Waals surface area (Å²) in [5.41, 5.74) is 0. The molecule has 0 aliphatic rings. The Morgan fingerprint density at radius 2 is 0.714 bits per heavy atom. The summed E-state index contributed by atoms with van der Waals surface area (Å²) in [5, 5.41) is 3.66. The van der Waals surface area contributed by atoms with Crippen LogP contribution in [-0.2, 0) is 17.1 Å². The monoisotopic (exact) mass is 354 g/mol. The van der Waals surface area contributed by atoms with Crippen LogP contribution >= 0.6 is 17.9 Å². The van der Waals surface area contributed by atoms with Gasteiger partial charge in [0.05, 0.1) is 0 Å². The van der Waals surface area contributed by atoms with Crippen LogP contribution in [0, 0.1) is 0 Å². The van der Waals surface area contributed by atoms with Crippen molar-refractivity contribution in [3.8, 4) is 0 Å². The van der Waals surface area contributed by atoms with Crippen LogP contribution in [0.1, 0.15) is 0 Å². The van der Waals surface area contributed by atoms with Gasteiger partial charge in [0.25, 0.3) is 0 Å². The first-order valence-electron chi connectivity index (χ1n) is 6.67. The first-order chi connectivity index (χ1) is 9.82. The topological polar surface area (TPSA) is 0 Å². The molecular weight excluding hydrogens is 338 g/mol. The molecule has 0 heterocycles. The summed E-state index contributed by atoms with van der Waals surface area (Å²) in [6.07, 6.45) is 0. The first-order valence-corrected chi connectivity index (χ1v) is 9.68. The van der Waals surface area contributed by atoms with Crippen molar-refractivity contribution < 1.29 is 17.1 Å². The van der Waals surface area contributed by atoms with E-state index < -0.39 is 6.62 Å². The van der Waals surface area contributed by atoms with E-state index in [2.05, 4.69) is 72.8 Å². The molecule has 0 nitrogen and oxygen atoms in total. The molecule has 0 amide bonds. The van der Waals surface area contributed by atoms with E-state index >= 15 is 0 Å². The van der Waals surface area contributed by atoms with Gasteiger partial charge in [-0.15, -0.1) is 0 Å². The minimum Gasteiger partial charge on any atom is 0 e. The Balaban J connectivity index is 0.00000161. The minimum atomic E-state index is -2.41. The van der Waals surface area contributed by atoms with Crippen LogP contribution in [0.4, 0.5) is 0 Å². The number of benzene rings is 3. The molecule has 3 aromatic carbocycles. The molecule has 0 fully saturated rings. The van der Waals surface area contributed by atoms with Gasteiger partial charge in [-0.1, -0.05) is 0 Å². The summed E-state index contributed by atoms with van der Waals surface area (Å²) in [6, 6.07) is 31.3. The van der Waals surface area contributed by atoms with Gasteiger partial charge in [0.15, 0.2) is 0 Å². The van der Waals surface area contributed by atoms with Gasteiger partial charge in [-0.3, -0.25) is 0 Å². The molecule has 0 unspecified atom stereocenters. The fourth-order valence-corrected chi connectivity index (χ4v) is 6.59. The van der Waals surface area contributed by atoms with Gasteiger partial charge in [-0.25, -0.2) is 0 Å². The fourth-order valence-electron chi connectivity index (χ4n) is 2.50. The van der Waals surface area contributed by atoms with Gasteiger partial charge in [-0.2, -0.15) is 0 Å².